The monoisotopic (exact) mass is 456 g/mol. The molecule has 168 valence electrons. The zero-order valence-electron chi connectivity index (χ0n) is 17.7. The molecule has 3 aromatic rings. The predicted octanol–water partition coefficient (Wildman–Crippen LogP) is 4.27. The maximum atomic E-state index is 8.74. The van der Waals surface area contributed by atoms with Crippen LogP contribution in [0.15, 0.2) is 65.4 Å². The van der Waals surface area contributed by atoms with E-state index in [-0.39, 0.29) is 0 Å². The largest absolute Gasteiger partial charge is 0.497 e. The number of ether oxygens (including phenoxy) is 2. The smallest absolute Gasteiger partial charge is 0.394 e. The number of pyridine rings is 1. The highest BCUT2D eigenvalue weighted by Crippen LogP contribution is 2.30. The molecular formula is C23H24N2O6S. The zero-order chi connectivity index (χ0) is 23.1. The van der Waals surface area contributed by atoms with Gasteiger partial charge in [0.1, 0.15) is 11.5 Å². The number of aromatic nitrogens is 1. The van der Waals surface area contributed by atoms with Crippen molar-refractivity contribution in [2.24, 2.45) is 4.99 Å². The Morgan fingerprint density at radius 3 is 2.50 bits per heavy atom. The van der Waals surface area contributed by atoms with Crippen LogP contribution in [-0.2, 0) is 10.4 Å². The van der Waals surface area contributed by atoms with E-state index in [0.717, 1.165) is 53.1 Å². The van der Waals surface area contributed by atoms with Gasteiger partial charge in [0, 0.05) is 41.5 Å². The summed E-state index contributed by atoms with van der Waals surface area (Å²) < 4.78 is 42.5. The fourth-order valence-corrected chi connectivity index (χ4v) is 3.51. The van der Waals surface area contributed by atoms with E-state index in [1.807, 2.05) is 36.7 Å². The molecule has 2 aromatic carbocycles. The van der Waals surface area contributed by atoms with Gasteiger partial charge in [0.2, 0.25) is 0 Å². The minimum absolute atomic E-state index is 0.782. The SMILES string of the molecule is COc1ccc(C=C2CCCN=C2c2cncc3ccccc23)c(OC)c1.O=S(=O)(O)O. The van der Waals surface area contributed by atoms with Gasteiger partial charge in [-0.25, -0.2) is 0 Å². The predicted molar refractivity (Wildman–Crippen MR) is 124 cm³/mol. The van der Waals surface area contributed by atoms with E-state index in [1.54, 1.807) is 14.2 Å². The molecule has 2 N–H and O–H groups in total. The van der Waals surface area contributed by atoms with Crippen molar-refractivity contribution in [1.82, 2.24) is 4.98 Å². The first-order chi connectivity index (χ1) is 15.3. The van der Waals surface area contributed by atoms with Crippen LogP contribution in [0.2, 0.25) is 0 Å². The number of allylic oxidation sites excluding steroid dienone is 1. The highest BCUT2D eigenvalue weighted by Gasteiger charge is 2.17. The highest BCUT2D eigenvalue weighted by molar-refractivity contribution is 7.79. The van der Waals surface area contributed by atoms with Gasteiger partial charge in [-0.1, -0.05) is 24.3 Å². The second-order valence-electron chi connectivity index (χ2n) is 6.97. The Morgan fingerprint density at radius 1 is 1.03 bits per heavy atom. The summed E-state index contributed by atoms with van der Waals surface area (Å²) in [6.45, 7) is 0.843. The van der Waals surface area contributed by atoms with Crippen molar-refractivity contribution < 1.29 is 27.0 Å². The lowest BCUT2D eigenvalue weighted by atomic mass is 9.92. The summed E-state index contributed by atoms with van der Waals surface area (Å²) in [6.07, 6.45) is 8.03. The molecule has 0 saturated heterocycles. The zero-order valence-corrected chi connectivity index (χ0v) is 18.5. The lowest BCUT2D eigenvalue weighted by Crippen LogP contribution is -2.12. The molecule has 1 aromatic heterocycles. The number of hydrogen-bond donors (Lipinski definition) is 2. The second kappa shape index (κ2) is 10.4. The van der Waals surface area contributed by atoms with Gasteiger partial charge in [-0.2, -0.15) is 8.42 Å². The standard InChI is InChI=1S/C23H22N2O2.H2O4S/c1-26-19-10-9-16(22(13-19)27-2)12-17-7-5-11-25-23(17)21-15-24-14-18-6-3-4-8-20(18)21;1-5(2,3)4/h3-4,6,8-10,12-15H,5,7,11H2,1-2H3;(H2,1,2,3,4). The molecule has 1 aliphatic rings. The molecule has 32 heavy (non-hydrogen) atoms. The van der Waals surface area contributed by atoms with Crippen molar-refractivity contribution in [2.75, 3.05) is 20.8 Å². The quantitative estimate of drug-likeness (QED) is 0.563. The molecule has 0 fully saturated rings. The van der Waals surface area contributed by atoms with Gasteiger partial charge in [-0.05, 0) is 42.0 Å². The molecule has 1 aliphatic heterocycles. The Kier molecular flexibility index (Phi) is 7.57. The van der Waals surface area contributed by atoms with Gasteiger partial charge in [0.05, 0.1) is 19.9 Å². The van der Waals surface area contributed by atoms with Crippen molar-refractivity contribution in [3.05, 3.63) is 71.6 Å². The van der Waals surface area contributed by atoms with Crippen LogP contribution in [0.5, 0.6) is 11.5 Å². The molecule has 4 rings (SSSR count). The normalized spacial score (nSPS) is 15.0. The molecule has 0 bridgehead atoms. The van der Waals surface area contributed by atoms with E-state index >= 15 is 0 Å². The lowest BCUT2D eigenvalue weighted by Gasteiger charge is -2.18. The van der Waals surface area contributed by atoms with Crippen LogP contribution in [0.3, 0.4) is 0 Å². The van der Waals surface area contributed by atoms with Crippen LogP contribution in [0.1, 0.15) is 24.0 Å². The second-order valence-corrected chi connectivity index (χ2v) is 7.86. The van der Waals surface area contributed by atoms with E-state index in [0.29, 0.717) is 0 Å². The molecule has 0 aliphatic carbocycles. The van der Waals surface area contributed by atoms with Crippen LogP contribution >= 0.6 is 0 Å². The fourth-order valence-electron chi connectivity index (χ4n) is 3.51. The average Bonchev–Trinajstić information content (AvgIpc) is 2.78. The first kappa shape index (κ1) is 23.4. The van der Waals surface area contributed by atoms with E-state index < -0.39 is 10.4 Å². The van der Waals surface area contributed by atoms with Gasteiger partial charge in [-0.3, -0.25) is 19.1 Å². The molecule has 0 amide bonds. The summed E-state index contributed by atoms with van der Waals surface area (Å²) in [5.74, 6) is 1.58. The minimum atomic E-state index is -4.67. The number of rotatable bonds is 4. The van der Waals surface area contributed by atoms with E-state index in [9.17, 15) is 0 Å². The third kappa shape index (κ3) is 6.13. The third-order valence-electron chi connectivity index (χ3n) is 4.87. The third-order valence-corrected chi connectivity index (χ3v) is 4.87. The number of hydrogen-bond acceptors (Lipinski definition) is 6. The molecule has 9 heteroatoms. The summed E-state index contributed by atoms with van der Waals surface area (Å²) >= 11 is 0. The van der Waals surface area contributed by atoms with Crippen molar-refractivity contribution in [3.63, 3.8) is 0 Å². The van der Waals surface area contributed by atoms with Crippen LogP contribution in [0.25, 0.3) is 16.8 Å². The van der Waals surface area contributed by atoms with Gasteiger partial charge >= 0.3 is 10.4 Å². The number of aliphatic imine (C=N–C) groups is 1. The Bertz CT molecular complexity index is 1260. The summed E-state index contributed by atoms with van der Waals surface area (Å²) in [5, 5.41) is 2.31. The Balaban J connectivity index is 0.000000523. The molecule has 0 spiro atoms. The average molecular weight is 457 g/mol. The van der Waals surface area contributed by atoms with Gasteiger partial charge in [0.15, 0.2) is 0 Å². The van der Waals surface area contributed by atoms with Crippen LogP contribution < -0.4 is 9.47 Å². The Labute approximate surface area is 186 Å². The van der Waals surface area contributed by atoms with E-state index in [2.05, 4.69) is 29.3 Å². The van der Waals surface area contributed by atoms with Gasteiger partial charge in [-0.15, -0.1) is 0 Å². The van der Waals surface area contributed by atoms with Gasteiger partial charge < -0.3 is 9.47 Å². The maximum absolute atomic E-state index is 8.74. The molecule has 2 heterocycles. The van der Waals surface area contributed by atoms with E-state index in [1.165, 1.54) is 11.0 Å². The minimum Gasteiger partial charge on any atom is -0.497 e. The van der Waals surface area contributed by atoms with Crippen molar-refractivity contribution in [3.8, 4) is 11.5 Å². The van der Waals surface area contributed by atoms with Crippen LogP contribution in [0.4, 0.5) is 0 Å². The van der Waals surface area contributed by atoms with Crippen molar-refractivity contribution >= 4 is 33.0 Å². The summed E-state index contributed by atoms with van der Waals surface area (Å²) in [7, 11) is -1.33. The van der Waals surface area contributed by atoms with Crippen molar-refractivity contribution in [2.45, 2.75) is 12.8 Å². The topological polar surface area (TPSA) is 118 Å². The summed E-state index contributed by atoms with van der Waals surface area (Å²) in [4.78, 5) is 9.30. The Morgan fingerprint density at radius 2 is 1.78 bits per heavy atom. The molecular weight excluding hydrogens is 432 g/mol. The van der Waals surface area contributed by atoms with E-state index in [4.69, 9.17) is 32.0 Å². The first-order valence-corrected chi connectivity index (χ1v) is 11.2. The first-order valence-electron chi connectivity index (χ1n) is 9.80. The Hall–Kier alpha value is -3.27. The number of nitrogens with zero attached hydrogens (tertiary/aromatic N) is 2. The number of benzene rings is 2. The fraction of sp³-hybridized carbons (Fsp3) is 0.217. The number of methoxy groups -OCH3 is 2. The summed E-state index contributed by atoms with van der Waals surface area (Å²) in [6, 6.07) is 14.2. The van der Waals surface area contributed by atoms with Gasteiger partial charge in [0.25, 0.3) is 0 Å². The lowest BCUT2D eigenvalue weighted by molar-refractivity contribution is 0.381. The number of fused-ring (bicyclic) bond motifs is 1. The molecule has 0 atom stereocenters. The summed E-state index contributed by atoms with van der Waals surface area (Å²) in [5.41, 5.74) is 4.36. The van der Waals surface area contributed by atoms with Crippen LogP contribution in [-0.4, -0.2) is 49.0 Å². The highest BCUT2D eigenvalue weighted by atomic mass is 32.3. The molecule has 0 unspecified atom stereocenters. The molecule has 8 nitrogen and oxygen atoms in total. The maximum Gasteiger partial charge on any atom is 0.394 e. The molecule has 0 saturated carbocycles. The molecule has 0 radical (unpaired) electrons. The van der Waals surface area contributed by atoms with Crippen LogP contribution in [0, 0.1) is 0 Å². The van der Waals surface area contributed by atoms with Crippen molar-refractivity contribution in [1.29, 1.82) is 0 Å².